The Kier molecular flexibility index (Phi) is 5.37. The molecule has 0 atom stereocenters. The molecule has 0 saturated heterocycles. The van der Waals surface area contributed by atoms with Crippen LogP contribution in [0.4, 0.5) is 18.0 Å². The van der Waals surface area contributed by atoms with E-state index in [1.54, 1.807) is 30.3 Å². The predicted octanol–water partition coefficient (Wildman–Crippen LogP) is 3.13. The molecule has 1 aliphatic heterocycles. The molecule has 1 amide bonds. The van der Waals surface area contributed by atoms with Crippen molar-refractivity contribution in [2.24, 2.45) is 0 Å². The van der Waals surface area contributed by atoms with Gasteiger partial charge in [-0.3, -0.25) is 4.90 Å². The molecule has 1 aliphatic rings. The van der Waals surface area contributed by atoms with Crippen LogP contribution in [-0.4, -0.2) is 31.5 Å². The first-order chi connectivity index (χ1) is 11.2. The summed E-state index contributed by atoms with van der Waals surface area (Å²) < 4.78 is 68.0. The second-order valence-corrected chi connectivity index (χ2v) is 6.45. The number of alkyl halides is 3. The molecule has 0 aliphatic carbocycles. The largest absolute Gasteiger partial charge is 0.534 e. The number of amides is 1. The molecule has 0 bridgehead atoms. The zero-order valence-electron chi connectivity index (χ0n) is 12.3. The van der Waals surface area contributed by atoms with Crippen LogP contribution in [0.3, 0.4) is 0 Å². The number of allylic oxidation sites excluding steroid dienone is 1. The van der Waals surface area contributed by atoms with E-state index in [4.69, 9.17) is 4.74 Å². The predicted molar refractivity (Wildman–Crippen MR) is 76.7 cm³/mol. The van der Waals surface area contributed by atoms with E-state index in [0.29, 0.717) is 0 Å². The second-order valence-electron chi connectivity index (χ2n) is 4.92. The Hall–Kier alpha value is -2.23. The van der Waals surface area contributed by atoms with Crippen molar-refractivity contribution in [2.45, 2.75) is 25.0 Å². The van der Waals surface area contributed by atoms with Gasteiger partial charge in [0.25, 0.3) is 0 Å². The molecular weight excluding hydrogens is 351 g/mol. The van der Waals surface area contributed by atoms with Crippen molar-refractivity contribution in [1.82, 2.24) is 4.90 Å². The second kappa shape index (κ2) is 7.12. The van der Waals surface area contributed by atoms with E-state index in [1.165, 1.54) is 0 Å². The van der Waals surface area contributed by atoms with E-state index in [1.807, 2.05) is 0 Å². The van der Waals surface area contributed by atoms with Crippen molar-refractivity contribution in [3.05, 3.63) is 47.9 Å². The summed E-state index contributed by atoms with van der Waals surface area (Å²) in [5.41, 5.74) is -4.79. The highest BCUT2D eigenvalue weighted by Crippen LogP contribution is 2.29. The third kappa shape index (κ3) is 4.63. The third-order valence-corrected chi connectivity index (χ3v) is 4.06. The van der Waals surface area contributed by atoms with Crippen LogP contribution in [-0.2, 0) is 25.6 Å². The van der Waals surface area contributed by atoms with Crippen LogP contribution in [0.25, 0.3) is 0 Å². The fourth-order valence-electron chi connectivity index (χ4n) is 1.92. The van der Waals surface area contributed by atoms with Crippen LogP contribution in [0.15, 0.2) is 42.3 Å². The standard InChI is InChI=1S/C14H14F3NO5S/c15-14(16,17)24(20,21)23-12-7-4-8-18(9-12)13(19)22-10-11-5-2-1-3-6-11/h1-3,5-6,9H,4,7-8,10H2. The maximum Gasteiger partial charge on any atom is 0.534 e. The SMILES string of the molecule is O=C(OCc1ccccc1)N1C=C(OS(=O)(=O)C(F)(F)F)CCC1. The van der Waals surface area contributed by atoms with Crippen LogP contribution < -0.4 is 0 Å². The number of rotatable bonds is 4. The van der Waals surface area contributed by atoms with E-state index >= 15 is 0 Å². The van der Waals surface area contributed by atoms with E-state index in [2.05, 4.69) is 4.18 Å². The Bertz CT molecular complexity index is 716. The topological polar surface area (TPSA) is 72.9 Å². The van der Waals surface area contributed by atoms with Crippen molar-refractivity contribution >= 4 is 16.2 Å². The first-order valence-electron chi connectivity index (χ1n) is 6.88. The van der Waals surface area contributed by atoms with Crippen LogP contribution in [0, 0.1) is 0 Å². The number of carbonyl (C=O) groups is 1. The van der Waals surface area contributed by atoms with E-state index < -0.39 is 27.5 Å². The lowest BCUT2D eigenvalue weighted by Gasteiger charge is -2.24. The van der Waals surface area contributed by atoms with E-state index in [0.717, 1.165) is 16.7 Å². The fourth-order valence-corrected chi connectivity index (χ4v) is 2.43. The number of ether oxygens (including phenoxy) is 1. The van der Waals surface area contributed by atoms with Crippen LogP contribution >= 0.6 is 0 Å². The molecule has 0 N–H and O–H groups in total. The number of carbonyl (C=O) groups excluding carboxylic acids is 1. The average molecular weight is 365 g/mol. The summed E-state index contributed by atoms with van der Waals surface area (Å²) >= 11 is 0. The summed E-state index contributed by atoms with van der Waals surface area (Å²) in [6.07, 6.45) is 0.335. The van der Waals surface area contributed by atoms with Gasteiger partial charge in [-0.2, -0.15) is 21.6 Å². The van der Waals surface area contributed by atoms with Gasteiger partial charge in [0.1, 0.15) is 12.4 Å². The van der Waals surface area contributed by atoms with Gasteiger partial charge in [-0.15, -0.1) is 0 Å². The molecule has 132 valence electrons. The van der Waals surface area contributed by atoms with Gasteiger partial charge in [0.2, 0.25) is 0 Å². The minimum Gasteiger partial charge on any atom is -0.444 e. The van der Waals surface area contributed by atoms with Gasteiger partial charge in [-0.25, -0.2) is 4.79 Å². The molecule has 1 aromatic rings. The Balaban J connectivity index is 1.99. The summed E-state index contributed by atoms with van der Waals surface area (Å²) in [6.45, 7) is 0.174. The number of halogens is 3. The van der Waals surface area contributed by atoms with Crippen LogP contribution in [0.1, 0.15) is 18.4 Å². The summed E-state index contributed by atoms with van der Waals surface area (Å²) in [5.74, 6) is -0.463. The summed E-state index contributed by atoms with van der Waals surface area (Å²) in [5, 5.41) is 0. The zero-order valence-corrected chi connectivity index (χ0v) is 13.1. The minimum absolute atomic E-state index is 0.0128. The number of hydrogen-bond acceptors (Lipinski definition) is 5. The first-order valence-corrected chi connectivity index (χ1v) is 8.28. The van der Waals surface area contributed by atoms with Gasteiger partial charge in [0.05, 0.1) is 0 Å². The molecule has 0 fully saturated rings. The molecule has 0 radical (unpaired) electrons. The van der Waals surface area contributed by atoms with Gasteiger partial charge in [0.15, 0.2) is 0 Å². The van der Waals surface area contributed by atoms with Crippen LogP contribution in [0.5, 0.6) is 0 Å². The molecule has 1 aromatic carbocycles. The lowest BCUT2D eigenvalue weighted by atomic mass is 10.2. The third-order valence-electron chi connectivity index (χ3n) is 3.06. The Labute approximate surface area is 136 Å². The maximum absolute atomic E-state index is 12.3. The number of nitrogens with zero attached hydrogens (tertiary/aromatic N) is 1. The van der Waals surface area contributed by atoms with Crippen molar-refractivity contribution in [3.63, 3.8) is 0 Å². The number of hydrogen-bond donors (Lipinski definition) is 0. The average Bonchev–Trinajstić information content (AvgIpc) is 2.52. The smallest absolute Gasteiger partial charge is 0.444 e. The van der Waals surface area contributed by atoms with Gasteiger partial charge >= 0.3 is 21.7 Å². The first kappa shape index (κ1) is 18.1. The van der Waals surface area contributed by atoms with Gasteiger partial charge < -0.3 is 8.92 Å². The highest BCUT2D eigenvalue weighted by atomic mass is 32.2. The molecule has 2 rings (SSSR count). The summed E-state index contributed by atoms with van der Waals surface area (Å²) in [6, 6.07) is 8.80. The summed E-state index contributed by atoms with van der Waals surface area (Å²) in [4.78, 5) is 12.9. The molecule has 0 saturated carbocycles. The highest BCUT2D eigenvalue weighted by Gasteiger charge is 2.49. The normalized spacial score (nSPS) is 15.6. The minimum atomic E-state index is -5.75. The lowest BCUT2D eigenvalue weighted by Crippen LogP contribution is -2.32. The quantitative estimate of drug-likeness (QED) is 0.605. The van der Waals surface area contributed by atoms with Gasteiger partial charge in [-0.05, 0) is 12.0 Å². The molecule has 1 heterocycles. The molecular formula is C14H14F3NO5S. The van der Waals surface area contributed by atoms with Crippen molar-refractivity contribution in [3.8, 4) is 0 Å². The van der Waals surface area contributed by atoms with Gasteiger partial charge in [0, 0.05) is 19.2 Å². The lowest BCUT2D eigenvalue weighted by molar-refractivity contribution is -0.0525. The molecule has 0 unspecified atom stereocenters. The Morgan fingerprint density at radius 3 is 2.50 bits per heavy atom. The van der Waals surface area contributed by atoms with Crippen molar-refractivity contribution < 1.29 is 35.3 Å². The Morgan fingerprint density at radius 2 is 1.88 bits per heavy atom. The monoisotopic (exact) mass is 365 g/mol. The molecule has 10 heteroatoms. The van der Waals surface area contributed by atoms with Crippen LogP contribution in [0.2, 0.25) is 0 Å². The maximum atomic E-state index is 12.3. The zero-order chi connectivity index (χ0) is 17.8. The van der Waals surface area contributed by atoms with Gasteiger partial charge in [-0.1, -0.05) is 30.3 Å². The van der Waals surface area contributed by atoms with Crippen molar-refractivity contribution in [2.75, 3.05) is 6.54 Å². The molecule has 24 heavy (non-hydrogen) atoms. The number of benzene rings is 1. The van der Waals surface area contributed by atoms with E-state index in [-0.39, 0.29) is 26.0 Å². The molecule has 0 aromatic heterocycles. The Morgan fingerprint density at radius 1 is 1.21 bits per heavy atom. The van der Waals surface area contributed by atoms with Crippen molar-refractivity contribution in [1.29, 1.82) is 0 Å². The highest BCUT2D eigenvalue weighted by molar-refractivity contribution is 7.87. The molecule has 6 nitrogen and oxygen atoms in total. The summed E-state index contributed by atoms with van der Waals surface area (Å²) in [7, 11) is -5.75. The molecule has 0 spiro atoms. The van der Waals surface area contributed by atoms with E-state index in [9.17, 15) is 26.4 Å². The fraction of sp³-hybridized carbons (Fsp3) is 0.357.